The summed E-state index contributed by atoms with van der Waals surface area (Å²) >= 11 is 0. The molecule has 0 saturated carbocycles. The van der Waals surface area contributed by atoms with Gasteiger partial charge in [-0.05, 0) is 57.4 Å². The van der Waals surface area contributed by atoms with E-state index in [4.69, 9.17) is 9.47 Å². The molecular formula is C23H28F3N3O4. The van der Waals surface area contributed by atoms with E-state index < -0.39 is 12.5 Å². The standard InChI is InChI=1S/C23H28F3N3O4/c1-14(16-6-8-17(9-7-16)33-23(24,25)26)12-19-27-11-10-20(28-19)29-18(13-31-21(29)30)15(2)32-22(3,4)5/h6-11,14-15,18H,12-13H2,1-5H3/t14-,15-,18-/m1/s1. The van der Waals surface area contributed by atoms with Crippen molar-refractivity contribution in [3.8, 4) is 5.75 Å². The van der Waals surface area contributed by atoms with Gasteiger partial charge in [-0.15, -0.1) is 13.2 Å². The molecule has 2 heterocycles. The Kier molecular flexibility index (Phi) is 7.16. The van der Waals surface area contributed by atoms with E-state index in [1.807, 2.05) is 34.6 Å². The van der Waals surface area contributed by atoms with E-state index in [2.05, 4.69) is 14.7 Å². The zero-order valence-electron chi connectivity index (χ0n) is 19.2. The summed E-state index contributed by atoms with van der Waals surface area (Å²) in [5.41, 5.74) is 0.424. The first-order chi connectivity index (χ1) is 15.3. The van der Waals surface area contributed by atoms with Crippen LogP contribution >= 0.6 is 0 Å². The second-order valence-electron chi connectivity index (χ2n) is 9.00. The van der Waals surface area contributed by atoms with Crippen molar-refractivity contribution in [2.75, 3.05) is 11.5 Å². The van der Waals surface area contributed by atoms with E-state index in [0.29, 0.717) is 18.1 Å². The highest BCUT2D eigenvalue weighted by molar-refractivity contribution is 5.89. The quantitative estimate of drug-likeness (QED) is 0.554. The van der Waals surface area contributed by atoms with Gasteiger partial charge in [0.15, 0.2) is 0 Å². The normalized spacial score (nSPS) is 18.7. The molecule has 1 aliphatic heterocycles. The fourth-order valence-corrected chi connectivity index (χ4v) is 3.69. The van der Waals surface area contributed by atoms with Crippen molar-refractivity contribution in [3.63, 3.8) is 0 Å². The van der Waals surface area contributed by atoms with Gasteiger partial charge in [0.1, 0.15) is 30.0 Å². The average molecular weight is 467 g/mol. The minimum atomic E-state index is -4.73. The predicted octanol–water partition coefficient (Wildman–Crippen LogP) is 5.25. The Hall–Kier alpha value is -2.88. The average Bonchev–Trinajstić information content (AvgIpc) is 3.08. The predicted molar refractivity (Wildman–Crippen MR) is 115 cm³/mol. The van der Waals surface area contributed by atoms with Gasteiger partial charge in [0.25, 0.3) is 0 Å². The third-order valence-electron chi connectivity index (χ3n) is 5.10. The van der Waals surface area contributed by atoms with Gasteiger partial charge in [-0.1, -0.05) is 19.1 Å². The van der Waals surface area contributed by atoms with Crippen molar-refractivity contribution in [3.05, 3.63) is 47.9 Å². The zero-order valence-corrected chi connectivity index (χ0v) is 19.2. The molecule has 3 atom stereocenters. The number of benzene rings is 1. The zero-order chi connectivity index (χ0) is 24.4. The maximum absolute atomic E-state index is 12.4. The first kappa shape index (κ1) is 24.8. The van der Waals surface area contributed by atoms with E-state index in [-0.39, 0.29) is 36.0 Å². The third kappa shape index (κ3) is 6.80. The van der Waals surface area contributed by atoms with Gasteiger partial charge < -0.3 is 14.2 Å². The van der Waals surface area contributed by atoms with Crippen molar-refractivity contribution in [1.29, 1.82) is 0 Å². The molecule has 1 aliphatic rings. The fourth-order valence-electron chi connectivity index (χ4n) is 3.69. The molecule has 1 aromatic carbocycles. The molecule has 0 radical (unpaired) electrons. The van der Waals surface area contributed by atoms with Crippen molar-refractivity contribution in [1.82, 2.24) is 9.97 Å². The third-order valence-corrected chi connectivity index (χ3v) is 5.10. The number of carbonyl (C=O) groups is 1. The molecule has 3 rings (SSSR count). The van der Waals surface area contributed by atoms with Crippen LogP contribution < -0.4 is 9.64 Å². The molecule has 10 heteroatoms. The Bertz CT molecular complexity index is 961. The second-order valence-corrected chi connectivity index (χ2v) is 9.00. The van der Waals surface area contributed by atoms with Gasteiger partial charge in [-0.3, -0.25) is 4.90 Å². The minimum Gasteiger partial charge on any atom is -0.447 e. The van der Waals surface area contributed by atoms with E-state index in [1.54, 1.807) is 24.4 Å². The number of alkyl halides is 3. The molecule has 0 N–H and O–H groups in total. The van der Waals surface area contributed by atoms with Crippen LogP contribution in [0.25, 0.3) is 0 Å². The number of aromatic nitrogens is 2. The number of nitrogens with zero attached hydrogens (tertiary/aromatic N) is 3. The highest BCUT2D eigenvalue weighted by Gasteiger charge is 2.40. The van der Waals surface area contributed by atoms with Crippen molar-refractivity contribution < 1.29 is 32.2 Å². The Morgan fingerprint density at radius 1 is 1.15 bits per heavy atom. The molecule has 1 amide bonds. The lowest BCUT2D eigenvalue weighted by atomic mass is 9.97. The minimum absolute atomic E-state index is 0.0790. The first-order valence-electron chi connectivity index (χ1n) is 10.6. The molecule has 0 unspecified atom stereocenters. The van der Waals surface area contributed by atoms with Crippen LogP contribution in [0.2, 0.25) is 0 Å². The maximum atomic E-state index is 12.4. The molecule has 180 valence electrons. The molecular weight excluding hydrogens is 439 g/mol. The summed E-state index contributed by atoms with van der Waals surface area (Å²) in [4.78, 5) is 22.8. The summed E-state index contributed by atoms with van der Waals surface area (Å²) in [6.45, 7) is 9.83. The lowest BCUT2D eigenvalue weighted by Crippen LogP contribution is -2.45. The number of carbonyl (C=O) groups excluding carboxylic acids is 1. The highest BCUT2D eigenvalue weighted by Crippen LogP contribution is 2.28. The van der Waals surface area contributed by atoms with Gasteiger partial charge in [0.05, 0.1) is 11.7 Å². The molecule has 0 spiro atoms. The molecule has 1 saturated heterocycles. The number of anilines is 1. The number of ether oxygens (including phenoxy) is 3. The van der Waals surface area contributed by atoms with E-state index in [0.717, 1.165) is 5.56 Å². The first-order valence-corrected chi connectivity index (χ1v) is 10.6. The van der Waals surface area contributed by atoms with Gasteiger partial charge in [-0.25, -0.2) is 14.8 Å². The lowest BCUT2D eigenvalue weighted by Gasteiger charge is -2.31. The van der Waals surface area contributed by atoms with E-state index >= 15 is 0 Å². The van der Waals surface area contributed by atoms with Crippen LogP contribution in [-0.4, -0.2) is 46.8 Å². The molecule has 7 nitrogen and oxygen atoms in total. The molecule has 0 aliphatic carbocycles. The molecule has 1 aromatic heterocycles. The van der Waals surface area contributed by atoms with Gasteiger partial charge in [0.2, 0.25) is 0 Å². The summed E-state index contributed by atoms with van der Waals surface area (Å²) < 4.78 is 52.3. The Morgan fingerprint density at radius 2 is 1.82 bits per heavy atom. The summed E-state index contributed by atoms with van der Waals surface area (Å²) in [5.74, 6) is 0.558. The van der Waals surface area contributed by atoms with Gasteiger partial charge in [-0.2, -0.15) is 0 Å². The van der Waals surface area contributed by atoms with Crippen LogP contribution in [-0.2, 0) is 15.9 Å². The van der Waals surface area contributed by atoms with Crippen LogP contribution in [0.15, 0.2) is 36.5 Å². The number of amides is 1. The van der Waals surface area contributed by atoms with Crippen LogP contribution in [0.5, 0.6) is 5.75 Å². The number of hydrogen-bond donors (Lipinski definition) is 0. The van der Waals surface area contributed by atoms with E-state index in [1.165, 1.54) is 17.0 Å². The van der Waals surface area contributed by atoms with Crippen LogP contribution in [0, 0.1) is 0 Å². The Balaban J connectivity index is 1.73. The summed E-state index contributed by atoms with van der Waals surface area (Å²) in [6, 6.07) is 7.01. The van der Waals surface area contributed by atoms with E-state index in [9.17, 15) is 18.0 Å². The summed E-state index contributed by atoms with van der Waals surface area (Å²) in [7, 11) is 0. The van der Waals surface area contributed by atoms with Crippen molar-refractivity contribution >= 4 is 11.9 Å². The van der Waals surface area contributed by atoms with Crippen LogP contribution in [0.4, 0.5) is 23.8 Å². The largest absolute Gasteiger partial charge is 0.573 e. The fraction of sp³-hybridized carbons (Fsp3) is 0.522. The maximum Gasteiger partial charge on any atom is 0.573 e. The monoisotopic (exact) mass is 467 g/mol. The number of hydrogen-bond acceptors (Lipinski definition) is 6. The van der Waals surface area contributed by atoms with Gasteiger partial charge in [0, 0.05) is 12.6 Å². The number of rotatable bonds is 7. The van der Waals surface area contributed by atoms with Gasteiger partial charge >= 0.3 is 12.5 Å². The number of cyclic esters (lactones) is 1. The Morgan fingerprint density at radius 3 is 2.42 bits per heavy atom. The van der Waals surface area contributed by atoms with Crippen LogP contribution in [0.3, 0.4) is 0 Å². The summed E-state index contributed by atoms with van der Waals surface area (Å²) in [6.07, 6.45) is -3.52. The lowest BCUT2D eigenvalue weighted by molar-refractivity contribution is -0.274. The van der Waals surface area contributed by atoms with Crippen LogP contribution in [0.1, 0.15) is 51.9 Å². The SMILES string of the molecule is C[C@H](Cc1nccc(N2C(=O)OC[C@@H]2[C@@H](C)OC(C)(C)C)n1)c1ccc(OC(F)(F)F)cc1. The Labute approximate surface area is 190 Å². The molecule has 1 fully saturated rings. The number of halogens is 3. The summed E-state index contributed by atoms with van der Waals surface area (Å²) in [5, 5.41) is 0. The topological polar surface area (TPSA) is 73.8 Å². The molecule has 0 bridgehead atoms. The molecule has 2 aromatic rings. The second kappa shape index (κ2) is 9.54. The highest BCUT2D eigenvalue weighted by atomic mass is 19.4. The van der Waals surface area contributed by atoms with Crippen molar-refractivity contribution in [2.24, 2.45) is 0 Å². The molecule has 33 heavy (non-hydrogen) atoms. The van der Waals surface area contributed by atoms with Crippen molar-refractivity contribution in [2.45, 2.75) is 71.1 Å². The smallest absolute Gasteiger partial charge is 0.447 e.